The minimum absolute atomic E-state index is 0.189. The first-order valence-electron chi connectivity index (χ1n) is 9.63. The van der Waals surface area contributed by atoms with Crippen molar-refractivity contribution < 1.29 is 24.3 Å². The summed E-state index contributed by atoms with van der Waals surface area (Å²) >= 11 is 0. The van der Waals surface area contributed by atoms with Crippen molar-refractivity contribution in [3.63, 3.8) is 0 Å². The normalized spacial score (nSPS) is 16.3. The van der Waals surface area contributed by atoms with Gasteiger partial charge in [0.05, 0.1) is 23.4 Å². The molecule has 0 saturated heterocycles. The number of amides is 4. The summed E-state index contributed by atoms with van der Waals surface area (Å²) in [5.74, 6) is -2.98. The van der Waals surface area contributed by atoms with E-state index in [1.165, 1.54) is 4.90 Å². The highest BCUT2D eigenvalue weighted by molar-refractivity contribution is 6.10. The van der Waals surface area contributed by atoms with Crippen LogP contribution in [0.2, 0.25) is 0 Å². The summed E-state index contributed by atoms with van der Waals surface area (Å²) < 4.78 is 0. The Morgan fingerprint density at radius 1 is 1.14 bits per heavy atom. The number of anilines is 2. The molecule has 158 valence electrons. The zero-order valence-electron chi connectivity index (χ0n) is 17.0. The van der Waals surface area contributed by atoms with Crippen LogP contribution in [0.15, 0.2) is 24.3 Å². The zero-order chi connectivity index (χ0) is 21.7. The smallest absolute Gasteiger partial charge is 0.323 e. The molecule has 4 amide bonds. The van der Waals surface area contributed by atoms with Gasteiger partial charge in [-0.15, -0.1) is 0 Å². The predicted molar refractivity (Wildman–Crippen MR) is 106 cm³/mol. The molecule has 1 heterocycles. The first-order valence-corrected chi connectivity index (χ1v) is 9.63. The maximum Gasteiger partial charge on any atom is 0.323 e. The van der Waals surface area contributed by atoms with E-state index in [0.29, 0.717) is 17.8 Å². The Bertz CT molecular complexity index is 795. The molecule has 3 N–H and O–H groups in total. The van der Waals surface area contributed by atoms with Crippen LogP contribution in [0.1, 0.15) is 34.1 Å². The molecule has 1 aromatic rings. The van der Waals surface area contributed by atoms with Gasteiger partial charge in [0.1, 0.15) is 12.6 Å². The van der Waals surface area contributed by atoms with Gasteiger partial charge in [-0.1, -0.05) is 46.2 Å². The van der Waals surface area contributed by atoms with Crippen LogP contribution in [-0.4, -0.2) is 42.4 Å². The number of carbonyl (C=O) groups is 4. The maximum atomic E-state index is 12.9. The van der Waals surface area contributed by atoms with Crippen molar-refractivity contribution in [3.05, 3.63) is 24.3 Å². The van der Waals surface area contributed by atoms with Gasteiger partial charge >= 0.3 is 6.03 Å². The minimum atomic E-state index is -1.38. The fourth-order valence-electron chi connectivity index (χ4n) is 3.07. The SMILES string of the molecule is CC[C@H](C)[C@H](NC(=O)N1CC(=O)Nc2ccccc21)C(=O)N[C@H](C(=O)[O-])C(C)C. The summed E-state index contributed by atoms with van der Waals surface area (Å²) in [6.45, 7) is 6.76. The van der Waals surface area contributed by atoms with Gasteiger partial charge in [-0.3, -0.25) is 14.5 Å². The first-order chi connectivity index (χ1) is 13.6. The number of hydrogen-bond donors (Lipinski definition) is 3. The van der Waals surface area contributed by atoms with E-state index in [-0.39, 0.29) is 24.3 Å². The number of benzene rings is 1. The van der Waals surface area contributed by atoms with E-state index in [9.17, 15) is 24.3 Å². The van der Waals surface area contributed by atoms with Gasteiger partial charge in [0.25, 0.3) is 0 Å². The largest absolute Gasteiger partial charge is 0.548 e. The fraction of sp³-hybridized carbons (Fsp3) is 0.500. The molecule has 9 nitrogen and oxygen atoms in total. The molecule has 0 bridgehead atoms. The molecule has 1 aliphatic heterocycles. The molecule has 0 radical (unpaired) electrons. The van der Waals surface area contributed by atoms with Crippen LogP contribution < -0.4 is 26.0 Å². The van der Waals surface area contributed by atoms with Crippen LogP contribution in [0.3, 0.4) is 0 Å². The number of carbonyl (C=O) groups excluding carboxylic acids is 4. The van der Waals surface area contributed by atoms with E-state index in [2.05, 4.69) is 16.0 Å². The van der Waals surface area contributed by atoms with Crippen LogP contribution in [0.25, 0.3) is 0 Å². The Kier molecular flexibility index (Phi) is 7.19. The molecule has 9 heteroatoms. The van der Waals surface area contributed by atoms with Crippen molar-refractivity contribution in [2.75, 3.05) is 16.8 Å². The average molecular weight is 403 g/mol. The van der Waals surface area contributed by atoms with E-state index >= 15 is 0 Å². The van der Waals surface area contributed by atoms with Crippen molar-refractivity contribution in [2.24, 2.45) is 11.8 Å². The molecular weight excluding hydrogens is 376 g/mol. The van der Waals surface area contributed by atoms with Gasteiger partial charge in [0.2, 0.25) is 11.8 Å². The summed E-state index contributed by atoms with van der Waals surface area (Å²) in [6.07, 6.45) is 0.576. The van der Waals surface area contributed by atoms with Crippen molar-refractivity contribution in [1.82, 2.24) is 10.6 Å². The number of rotatable bonds is 7. The second-order valence-corrected chi connectivity index (χ2v) is 7.51. The Balaban J connectivity index is 2.22. The lowest BCUT2D eigenvalue weighted by Gasteiger charge is -2.33. The van der Waals surface area contributed by atoms with Crippen LogP contribution >= 0.6 is 0 Å². The minimum Gasteiger partial charge on any atom is -0.548 e. The lowest BCUT2D eigenvalue weighted by atomic mass is 9.97. The van der Waals surface area contributed by atoms with Gasteiger partial charge in [-0.05, 0) is 24.0 Å². The lowest BCUT2D eigenvalue weighted by molar-refractivity contribution is -0.309. The topological polar surface area (TPSA) is 131 Å². The Labute approximate surface area is 169 Å². The highest BCUT2D eigenvalue weighted by Gasteiger charge is 2.33. The van der Waals surface area contributed by atoms with Crippen molar-refractivity contribution in [1.29, 1.82) is 0 Å². The number of hydrogen-bond acceptors (Lipinski definition) is 5. The molecule has 0 spiro atoms. The molecule has 0 aliphatic carbocycles. The Hall–Kier alpha value is -3.10. The van der Waals surface area contributed by atoms with Gasteiger partial charge in [0, 0.05) is 0 Å². The number of urea groups is 1. The van der Waals surface area contributed by atoms with E-state index in [1.807, 2.05) is 6.92 Å². The molecule has 1 aliphatic rings. The summed E-state index contributed by atoms with van der Waals surface area (Å²) in [7, 11) is 0. The molecule has 0 aromatic heterocycles. The second kappa shape index (κ2) is 9.40. The number of carboxylic acid groups (broad SMARTS) is 1. The highest BCUT2D eigenvalue weighted by Crippen LogP contribution is 2.29. The van der Waals surface area contributed by atoms with Crippen molar-refractivity contribution in [3.8, 4) is 0 Å². The van der Waals surface area contributed by atoms with E-state index in [1.54, 1.807) is 45.0 Å². The van der Waals surface area contributed by atoms with Gasteiger partial charge in [-0.25, -0.2) is 4.79 Å². The van der Waals surface area contributed by atoms with Crippen molar-refractivity contribution >= 4 is 35.2 Å². The third-order valence-electron chi connectivity index (χ3n) is 5.01. The summed E-state index contributed by atoms with van der Waals surface area (Å²) in [5.41, 5.74) is 1.02. The lowest BCUT2D eigenvalue weighted by Crippen LogP contribution is -2.59. The van der Waals surface area contributed by atoms with Gasteiger partial charge in [-0.2, -0.15) is 0 Å². The highest BCUT2D eigenvalue weighted by atomic mass is 16.4. The molecule has 0 fully saturated rings. The van der Waals surface area contributed by atoms with Crippen LogP contribution in [0, 0.1) is 11.8 Å². The third kappa shape index (κ3) is 5.24. The van der Waals surface area contributed by atoms with Crippen LogP contribution in [-0.2, 0) is 14.4 Å². The monoisotopic (exact) mass is 403 g/mol. The molecular formula is C20H27N4O5-. The van der Waals surface area contributed by atoms with Gasteiger partial charge < -0.3 is 25.9 Å². The predicted octanol–water partition coefficient (Wildman–Crippen LogP) is 0.460. The summed E-state index contributed by atoms with van der Waals surface area (Å²) in [6, 6.07) is 4.10. The number of para-hydroxylation sites is 2. The van der Waals surface area contributed by atoms with Crippen molar-refractivity contribution in [2.45, 2.75) is 46.2 Å². The molecule has 0 unspecified atom stereocenters. The number of fused-ring (bicyclic) bond motifs is 1. The zero-order valence-corrected chi connectivity index (χ0v) is 17.0. The Morgan fingerprint density at radius 2 is 1.79 bits per heavy atom. The van der Waals surface area contributed by atoms with E-state index in [4.69, 9.17) is 0 Å². The second-order valence-electron chi connectivity index (χ2n) is 7.51. The molecule has 0 saturated carbocycles. The fourth-order valence-corrected chi connectivity index (χ4v) is 3.07. The van der Waals surface area contributed by atoms with Gasteiger partial charge in [0.15, 0.2) is 0 Å². The molecule has 2 rings (SSSR count). The third-order valence-corrected chi connectivity index (χ3v) is 5.01. The van der Waals surface area contributed by atoms with E-state index in [0.717, 1.165) is 0 Å². The number of nitrogens with one attached hydrogen (secondary N) is 3. The molecule has 29 heavy (non-hydrogen) atoms. The maximum absolute atomic E-state index is 12.9. The number of aliphatic carboxylic acids is 1. The standard InChI is InChI=1S/C20H28N4O5/c1-5-12(4)17(18(26)22-16(11(2)3)19(27)28)23-20(29)24-10-15(25)21-13-8-6-7-9-14(13)24/h6-9,11-12,16-17H,5,10H2,1-4H3,(H,21,25)(H,22,26)(H,23,29)(H,27,28)/p-1/t12-,16-,17-/m0/s1. The first kappa shape index (κ1) is 22.2. The number of nitrogens with zero attached hydrogens (tertiary/aromatic N) is 1. The Morgan fingerprint density at radius 3 is 2.38 bits per heavy atom. The summed E-state index contributed by atoms with van der Waals surface area (Å²) in [5, 5.41) is 19.1. The molecule has 1 aromatic carbocycles. The van der Waals surface area contributed by atoms with Crippen LogP contribution in [0.4, 0.5) is 16.2 Å². The quantitative estimate of drug-likeness (QED) is 0.609. The number of carboxylic acids is 1. The van der Waals surface area contributed by atoms with Crippen LogP contribution in [0.5, 0.6) is 0 Å². The van der Waals surface area contributed by atoms with E-state index < -0.39 is 30.0 Å². The average Bonchev–Trinajstić information content (AvgIpc) is 2.67. The molecule has 3 atom stereocenters. The summed E-state index contributed by atoms with van der Waals surface area (Å²) in [4.78, 5) is 50.2.